The molecule has 0 aliphatic rings. The highest BCUT2D eigenvalue weighted by Crippen LogP contribution is 2.22. The van der Waals surface area contributed by atoms with Crippen molar-refractivity contribution in [2.24, 2.45) is 0 Å². The van der Waals surface area contributed by atoms with Crippen LogP contribution >= 0.6 is 0 Å². The molecule has 1 aromatic heterocycles. The van der Waals surface area contributed by atoms with Crippen molar-refractivity contribution in [3.05, 3.63) is 41.1 Å². The van der Waals surface area contributed by atoms with E-state index in [1.54, 1.807) is 18.3 Å². The number of nitrogen functional groups attached to an aromatic ring is 1. The molecule has 0 fully saturated rings. The molecule has 1 aromatic carbocycles. The number of nitrogens with zero attached hydrogens (tertiary/aromatic N) is 2. The predicted molar refractivity (Wildman–Crippen MR) is 90.1 cm³/mol. The fraction of sp³-hybridized carbons (Fsp3) is 0.412. The summed E-state index contributed by atoms with van der Waals surface area (Å²) in [4.78, 5) is 8.43. The van der Waals surface area contributed by atoms with E-state index in [9.17, 15) is 5.11 Å². The average molecular weight is 300 g/mol. The fourth-order valence-corrected chi connectivity index (χ4v) is 2.37. The molecule has 2 aromatic rings. The summed E-state index contributed by atoms with van der Waals surface area (Å²) < 4.78 is 0. The molecule has 0 radical (unpaired) electrons. The fourth-order valence-electron chi connectivity index (χ4n) is 2.37. The number of benzene rings is 1. The Labute approximate surface area is 131 Å². The molecule has 0 spiro atoms. The van der Waals surface area contributed by atoms with Gasteiger partial charge in [0.2, 0.25) is 5.95 Å². The highest BCUT2D eigenvalue weighted by Gasteiger charge is 2.09. The summed E-state index contributed by atoms with van der Waals surface area (Å²) >= 11 is 0. The summed E-state index contributed by atoms with van der Waals surface area (Å²) in [6, 6.07) is 5.40. The van der Waals surface area contributed by atoms with Crippen molar-refractivity contribution >= 4 is 11.8 Å². The van der Waals surface area contributed by atoms with Crippen molar-refractivity contribution in [3.8, 4) is 5.75 Å². The highest BCUT2D eigenvalue weighted by molar-refractivity contribution is 5.49. The second kappa shape index (κ2) is 7.64. The largest absolute Gasteiger partial charge is 0.508 e. The Morgan fingerprint density at radius 3 is 2.77 bits per heavy atom. The van der Waals surface area contributed by atoms with Gasteiger partial charge in [0.25, 0.3) is 0 Å². The smallest absolute Gasteiger partial charge is 0.221 e. The van der Waals surface area contributed by atoms with Gasteiger partial charge in [0.15, 0.2) is 0 Å². The standard InChI is InChI=1S/C17H24N4O/c1-3-4-5-8-19-16-14(11-20-17(18)21-16)10-13-6-7-15(22)9-12(13)2/h6-7,9,11,22H,3-5,8,10H2,1-2H3,(H3,18,19,20,21). The van der Waals surface area contributed by atoms with E-state index < -0.39 is 0 Å². The molecule has 0 aliphatic carbocycles. The molecule has 0 aliphatic heterocycles. The molecule has 5 heteroatoms. The van der Waals surface area contributed by atoms with Crippen LogP contribution in [0, 0.1) is 6.92 Å². The normalized spacial score (nSPS) is 10.6. The quantitative estimate of drug-likeness (QED) is 0.683. The zero-order valence-corrected chi connectivity index (χ0v) is 13.3. The lowest BCUT2D eigenvalue weighted by atomic mass is 10.0. The van der Waals surface area contributed by atoms with Crippen LogP contribution in [0.4, 0.5) is 11.8 Å². The van der Waals surface area contributed by atoms with Gasteiger partial charge < -0.3 is 16.2 Å². The number of anilines is 2. The number of nitrogens with two attached hydrogens (primary N) is 1. The molecule has 0 bridgehead atoms. The van der Waals surface area contributed by atoms with Gasteiger partial charge in [-0.3, -0.25) is 0 Å². The lowest BCUT2D eigenvalue weighted by Crippen LogP contribution is -2.09. The van der Waals surface area contributed by atoms with E-state index in [0.29, 0.717) is 6.42 Å². The molecular weight excluding hydrogens is 276 g/mol. The third-order valence-corrected chi connectivity index (χ3v) is 3.66. The van der Waals surface area contributed by atoms with Crippen LogP contribution in [-0.4, -0.2) is 21.6 Å². The van der Waals surface area contributed by atoms with Crippen molar-refractivity contribution in [1.29, 1.82) is 0 Å². The van der Waals surface area contributed by atoms with Gasteiger partial charge in [0.05, 0.1) is 0 Å². The SMILES string of the molecule is CCCCCNc1nc(N)ncc1Cc1ccc(O)cc1C. The summed E-state index contributed by atoms with van der Waals surface area (Å²) in [5.41, 5.74) is 8.91. The number of rotatable bonds is 7. The highest BCUT2D eigenvalue weighted by atomic mass is 16.3. The second-order valence-electron chi connectivity index (χ2n) is 5.52. The van der Waals surface area contributed by atoms with E-state index in [2.05, 4.69) is 22.2 Å². The number of nitrogens with one attached hydrogen (secondary N) is 1. The Morgan fingerprint density at radius 1 is 1.23 bits per heavy atom. The Morgan fingerprint density at radius 2 is 2.05 bits per heavy atom. The molecule has 0 unspecified atom stereocenters. The average Bonchev–Trinajstić information content (AvgIpc) is 2.48. The van der Waals surface area contributed by atoms with Crippen LogP contribution in [0.25, 0.3) is 0 Å². The zero-order valence-electron chi connectivity index (χ0n) is 13.3. The number of phenolic OH excluding ortho intramolecular Hbond substituents is 1. The minimum Gasteiger partial charge on any atom is -0.508 e. The number of aromatic nitrogens is 2. The van der Waals surface area contributed by atoms with Crippen LogP contribution in [0.2, 0.25) is 0 Å². The molecule has 0 saturated heterocycles. The van der Waals surface area contributed by atoms with Crippen LogP contribution in [0.15, 0.2) is 24.4 Å². The van der Waals surface area contributed by atoms with E-state index in [4.69, 9.17) is 5.73 Å². The van der Waals surface area contributed by atoms with Crippen molar-refractivity contribution in [2.75, 3.05) is 17.6 Å². The van der Waals surface area contributed by atoms with E-state index in [0.717, 1.165) is 35.5 Å². The minimum absolute atomic E-state index is 0.282. The maximum atomic E-state index is 9.51. The first-order valence-electron chi connectivity index (χ1n) is 7.74. The second-order valence-corrected chi connectivity index (χ2v) is 5.52. The van der Waals surface area contributed by atoms with Crippen LogP contribution in [0.5, 0.6) is 5.75 Å². The van der Waals surface area contributed by atoms with Gasteiger partial charge in [0.1, 0.15) is 11.6 Å². The number of hydrogen-bond acceptors (Lipinski definition) is 5. The number of aryl methyl sites for hydroxylation is 1. The Bertz CT molecular complexity index is 628. The summed E-state index contributed by atoms with van der Waals surface area (Å²) in [5.74, 6) is 1.37. The summed E-state index contributed by atoms with van der Waals surface area (Å²) in [5, 5.41) is 12.9. The Kier molecular flexibility index (Phi) is 5.58. The first-order chi connectivity index (χ1) is 10.6. The number of phenols is 1. The van der Waals surface area contributed by atoms with E-state index in [-0.39, 0.29) is 11.7 Å². The molecule has 2 rings (SSSR count). The molecule has 4 N–H and O–H groups in total. The van der Waals surface area contributed by atoms with Gasteiger partial charge in [-0.25, -0.2) is 4.98 Å². The van der Waals surface area contributed by atoms with Crippen molar-refractivity contribution < 1.29 is 5.11 Å². The van der Waals surface area contributed by atoms with E-state index in [1.807, 2.05) is 13.0 Å². The van der Waals surface area contributed by atoms with Gasteiger partial charge in [0, 0.05) is 24.7 Å². The molecule has 0 atom stereocenters. The lowest BCUT2D eigenvalue weighted by Gasteiger charge is -2.12. The van der Waals surface area contributed by atoms with E-state index in [1.165, 1.54) is 12.8 Å². The third-order valence-electron chi connectivity index (χ3n) is 3.66. The van der Waals surface area contributed by atoms with Crippen molar-refractivity contribution in [2.45, 2.75) is 39.5 Å². The Hall–Kier alpha value is -2.30. The van der Waals surface area contributed by atoms with Gasteiger partial charge in [-0.05, 0) is 36.6 Å². The molecule has 1 heterocycles. The lowest BCUT2D eigenvalue weighted by molar-refractivity contribution is 0.474. The molecular formula is C17H24N4O. The first kappa shape index (κ1) is 16.1. The number of aromatic hydroxyl groups is 1. The zero-order chi connectivity index (χ0) is 15.9. The maximum Gasteiger partial charge on any atom is 0.221 e. The van der Waals surface area contributed by atoms with Gasteiger partial charge in [-0.15, -0.1) is 0 Å². The predicted octanol–water partition coefficient (Wildman–Crippen LogP) is 3.27. The molecule has 0 saturated carbocycles. The van der Waals surface area contributed by atoms with Crippen molar-refractivity contribution in [3.63, 3.8) is 0 Å². The summed E-state index contributed by atoms with van der Waals surface area (Å²) in [7, 11) is 0. The summed E-state index contributed by atoms with van der Waals surface area (Å²) in [6.45, 7) is 5.05. The number of hydrogen-bond donors (Lipinski definition) is 3. The molecule has 22 heavy (non-hydrogen) atoms. The molecule has 0 amide bonds. The maximum absolute atomic E-state index is 9.51. The van der Waals surface area contributed by atoms with Crippen molar-refractivity contribution in [1.82, 2.24) is 9.97 Å². The van der Waals surface area contributed by atoms with Crippen LogP contribution in [0.1, 0.15) is 42.9 Å². The van der Waals surface area contributed by atoms with Crippen LogP contribution in [0.3, 0.4) is 0 Å². The molecule has 5 nitrogen and oxygen atoms in total. The first-order valence-corrected chi connectivity index (χ1v) is 7.74. The number of unbranched alkanes of at least 4 members (excludes halogenated alkanes) is 2. The third kappa shape index (κ3) is 4.35. The van der Waals surface area contributed by atoms with E-state index >= 15 is 0 Å². The van der Waals surface area contributed by atoms with Gasteiger partial charge >= 0.3 is 0 Å². The van der Waals surface area contributed by atoms with Crippen LogP contribution < -0.4 is 11.1 Å². The monoisotopic (exact) mass is 300 g/mol. The van der Waals surface area contributed by atoms with Crippen LogP contribution in [-0.2, 0) is 6.42 Å². The van der Waals surface area contributed by atoms with Gasteiger partial charge in [-0.2, -0.15) is 4.98 Å². The summed E-state index contributed by atoms with van der Waals surface area (Å²) in [6.07, 6.45) is 5.98. The topological polar surface area (TPSA) is 84.1 Å². The Balaban J connectivity index is 2.15. The minimum atomic E-state index is 0.282. The molecule has 118 valence electrons. The van der Waals surface area contributed by atoms with Gasteiger partial charge in [-0.1, -0.05) is 25.8 Å².